The Labute approximate surface area is 68.7 Å². The summed E-state index contributed by atoms with van der Waals surface area (Å²) in [4.78, 5) is 11.2. The van der Waals surface area contributed by atoms with Crippen LogP contribution >= 0.6 is 0 Å². The van der Waals surface area contributed by atoms with Crippen LogP contribution in [0.15, 0.2) is 41.3 Å². The van der Waals surface area contributed by atoms with Crippen molar-refractivity contribution in [2.45, 2.75) is 0 Å². The average molecular weight is 158 g/mol. The highest BCUT2D eigenvalue weighted by molar-refractivity contribution is 5.80. The molecule has 0 saturated heterocycles. The second-order valence-electron chi connectivity index (χ2n) is 2.42. The van der Waals surface area contributed by atoms with Gasteiger partial charge in [0, 0.05) is 0 Å². The standard InChI is InChI=1S/C9H6N2O/c12-9-8-4-2-1-3-7(8)5-6-10-11-9/h1-6H. The number of fused-ring (bicyclic) bond motifs is 1. The van der Waals surface area contributed by atoms with Crippen LogP contribution in [0.4, 0.5) is 0 Å². The third kappa shape index (κ3) is 1.05. The zero-order valence-electron chi connectivity index (χ0n) is 6.27. The summed E-state index contributed by atoms with van der Waals surface area (Å²) < 4.78 is 0. The first kappa shape index (κ1) is 6.91. The Morgan fingerprint density at radius 2 is 1.92 bits per heavy atom. The molecule has 0 unspecified atom stereocenters. The number of benzene rings is 1. The molecule has 0 amide bonds. The lowest BCUT2D eigenvalue weighted by Gasteiger charge is -1.85. The molecular formula is C9H6N2O. The Balaban J connectivity index is 3.06. The number of nitrogens with zero attached hydrogens (tertiary/aromatic N) is 2. The predicted molar refractivity (Wildman–Crippen MR) is 45.8 cm³/mol. The van der Waals surface area contributed by atoms with Crippen LogP contribution in [0.3, 0.4) is 0 Å². The number of hydrogen-bond acceptors (Lipinski definition) is 3. The van der Waals surface area contributed by atoms with Gasteiger partial charge in [0.1, 0.15) is 0 Å². The van der Waals surface area contributed by atoms with E-state index in [0.29, 0.717) is 5.39 Å². The molecule has 0 saturated carbocycles. The van der Waals surface area contributed by atoms with E-state index in [0.717, 1.165) is 5.39 Å². The lowest BCUT2D eigenvalue weighted by Crippen LogP contribution is -2.02. The van der Waals surface area contributed by atoms with Crippen molar-refractivity contribution in [3.05, 3.63) is 46.9 Å². The fourth-order valence-electron chi connectivity index (χ4n) is 1.09. The summed E-state index contributed by atoms with van der Waals surface area (Å²) >= 11 is 0. The van der Waals surface area contributed by atoms with Gasteiger partial charge in [0.05, 0.1) is 11.6 Å². The van der Waals surface area contributed by atoms with E-state index in [4.69, 9.17) is 0 Å². The highest BCUT2D eigenvalue weighted by atomic mass is 16.1. The van der Waals surface area contributed by atoms with E-state index in [-0.39, 0.29) is 5.56 Å². The van der Waals surface area contributed by atoms with Gasteiger partial charge in [-0.3, -0.25) is 4.79 Å². The molecule has 0 aliphatic carbocycles. The first-order valence-corrected chi connectivity index (χ1v) is 3.59. The van der Waals surface area contributed by atoms with E-state index in [1.165, 1.54) is 6.20 Å². The summed E-state index contributed by atoms with van der Waals surface area (Å²) in [5.41, 5.74) is -0.282. The highest BCUT2D eigenvalue weighted by Gasteiger charge is 1.93. The summed E-state index contributed by atoms with van der Waals surface area (Å²) in [6.07, 6.45) is 1.52. The molecule has 0 aliphatic heterocycles. The Hall–Kier alpha value is -1.77. The molecule has 3 heteroatoms. The molecular weight excluding hydrogens is 152 g/mol. The first-order chi connectivity index (χ1) is 5.88. The molecule has 1 aromatic heterocycles. The van der Waals surface area contributed by atoms with Gasteiger partial charge in [-0.15, -0.1) is 5.10 Å². The van der Waals surface area contributed by atoms with Crippen LogP contribution in [0.2, 0.25) is 0 Å². The van der Waals surface area contributed by atoms with Crippen LogP contribution < -0.4 is 5.56 Å². The van der Waals surface area contributed by atoms with Crippen molar-refractivity contribution in [3.63, 3.8) is 0 Å². The van der Waals surface area contributed by atoms with Gasteiger partial charge in [-0.05, 0) is 17.5 Å². The third-order valence-corrected chi connectivity index (χ3v) is 1.66. The van der Waals surface area contributed by atoms with Crippen LogP contribution in [0.25, 0.3) is 10.8 Å². The summed E-state index contributed by atoms with van der Waals surface area (Å²) in [5.74, 6) is 0. The lowest BCUT2D eigenvalue weighted by atomic mass is 10.2. The normalized spacial score (nSPS) is 10.0. The third-order valence-electron chi connectivity index (χ3n) is 1.66. The SMILES string of the molecule is O=c1nnccc2ccccc12. The summed E-state index contributed by atoms with van der Waals surface area (Å²) in [7, 11) is 0. The Morgan fingerprint density at radius 1 is 1.08 bits per heavy atom. The van der Waals surface area contributed by atoms with Crippen LogP contribution in [-0.4, -0.2) is 10.2 Å². The van der Waals surface area contributed by atoms with E-state index in [9.17, 15) is 4.79 Å². The minimum Gasteiger partial charge on any atom is -0.265 e. The highest BCUT2D eigenvalue weighted by Crippen LogP contribution is 2.04. The minimum absolute atomic E-state index is 0.282. The monoisotopic (exact) mass is 158 g/mol. The van der Waals surface area contributed by atoms with E-state index < -0.39 is 0 Å². The minimum atomic E-state index is -0.282. The topological polar surface area (TPSA) is 42.9 Å². The van der Waals surface area contributed by atoms with Crippen molar-refractivity contribution in [2.24, 2.45) is 0 Å². The number of aromatic nitrogens is 2. The van der Waals surface area contributed by atoms with Crippen molar-refractivity contribution in [2.75, 3.05) is 0 Å². The van der Waals surface area contributed by atoms with Gasteiger partial charge < -0.3 is 0 Å². The van der Waals surface area contributed by atoms with Crippen molar-refractivity contribution in [3.8, 4) is 0 Å². The molecule has 1 heterocycles. The number of hydrogen-bond donors (Lipinski definition) is 0. The van der Waals surface area contributed by atoms with Crippen molar-refractivity contribution in [1.82, 2.24) is 10.2 Å². The fourth-order valence-corrected chi connectivity index (χ4v) is 1.09. The maximum absolute atomic E-state index is 11.2. The summed E-state index contributed by atoms with van der Waals surface area (Å²) in [6, 6.07) is 9.06. The maximum atomic E-state index is 11.2. The van der Waals surface area contributed by atoms with Gasteiger partial charge in [0.15, 0.2) is 0 Å². The van der Waals surface area contributed by atoms with Gasteiger partial charge in [0.25, 0.3) is 5.56 Å². The second kappa shape index (κ2) is 2.70. The van der Waals surface area contributed by atoms with Crippen molar-refractivity contribution in [1.29, 1.82) is 0 Å². The molecule has 3 nitrogen and oxygen atoms in total. The lowest BCUT2D eigenvalue weighted by molar-refractivity contribution is 1.02. The molecule has 58 valence electrons. The zero-order valence-corrected chi connectivity index (χ0v) is 6.27. The largest absolute Gasteiger partial charge is 0.295 e. The molecule has 0 spiro atoms. The molecule has 1 aromatic carbocycles. The van der Waals surface area contributed by atoms with Crippen molar-refractivity contribution >= 4 is 10.8 Å². The number of rotatable bonds is 0. The Morgan fingerprint density at radius 3 is 2.83 bits per heavy atom. The van der Waals surface area contributed by atoms with Crippen LogP contribution in [-0.2, 0) is 0 Å². The van der Waals surface area contributed by atoms with E-state index in [1.807, 2.05) is 18.2 Å². The van der Waals surface area contributed by atoms with Gasteiger partial charge in [-0.2, -0.15) is 5.10 Å². The van der Waals surface area contributed by atoms with E-state index >= 15 is 0 Å². The average Bonchev–Trinajstić information content (AvgIpc) is 2.29. The first-order valence-electron chi connectivity index (χ1n) is 3.59. The quantitative estimate of drug-likeness (QED) is 0.574. The smallest absolute Gasteiger partial charge is 0.265 e. The fraction of sp³-hybridized carbons (Fsp3) is 0. The van der Waals surface area contributed by atoms with E-state index in [2.05, 4.69) is 10.2 Å². The molecule has 0 bridgehead atoms. The summed E-state index contributed by atoms with van der Waals surface area (Å²) in [6.45, 7) is 0. The molecule has 0 atom stereocenters. The van der Waals surface area contributed by atoms with Gasteiger partial charge >= 0.3 is 0 Å². The Kier molecular flexibility index (Phi) is 1.55. The second-order valence-corrected chi connectivity index (χ2v) is 2.42. The van der Waals surface area contributed by atoms with Gasteiger partial charge in [0.2, 0.25) is 0 Å². The molecule has 0 radical (unpaired) electrons. The van der Waals surface area contributed by atoms with Crippen LogP contribution in [0.5, 0.6) is 0 Å². The summed E-state index contributed by atoms with van der Waals surface area (Å²) in [5, 5.41) is 8.50. The van der Waals surface area contributed by atoms with Gasteiger partial charge in [-0.1, -0.05) is 18.2 Å². The maximum Gasteiger partial charge on any atom is 0.295 e. The van der Waals surface area contributed by atoms with Crippen molar-refractivity contribution < 1.29 is 0 Å². The zero-order chi connectivity index (χ0) is 8.39. The molecule has 0 fully saturated rings. The molecule has 0 aliphatic rings. The van der Waals surface area contributed by atoms with Crippen LogP contribution in [0, 0.1) is 0 Å². The molecule has 2 aromatic rings. The predicted octanol–water partition coefficient (Wildman–Crippen LogP) is 0.990. The molecule has 2 rings (SSSR count). The van der Waals surface area contributed by atoms with Crippen LogP contribution in [0.1, 0.15) is 0 Å². The van der Waals surface area contributed by atoms with E-state index in [1.54, 1.807) is 12.1 Å². The Bertz CT molecular complexity index is 468. The molecule has 12 heavy (non-hydrogen) atoms. The molecule has 0 N–H and O–H groups in total. The van der Waals surface area contributed by atoms with Gasteiger partial charge in [-0.25, -0.2) is 0 Å².